The number of hydrogen-bond donors (Lipinski definition) is 1. The summed E-state index contributed by atoms with van der Waals surface area (Å²) in [5.74, 6) is 0.808. The third-order valence-corrected chi connectivity index (χ3v) is 3.69. The molecule has 1 saturated heterocycles. The Morgan fingerprint density at radius 3 is 2.58 bits per heavy atom. The lowest BCUT2D eigenvalue weighted by Gasteiger charge is -2.33. The minimum absolute atomic E-state index is 0.641. The third-order valence-electron chi connectivity index (χ3n) is 3.69. The smallest absolute Gasteiger partial charge is 0.0471 e. The molecule has 1 saturated carbocycles. The van der Waals surface area contributed by atoms with Crippen LogP contribution in [0.25, 0.3) is 0 Å². The molecule has 0 radical (unpaired) electrons. The molecule has 2 nitrogen and oxygen atoms in total. The lowest BCUT2D eigenvalue weighted by Crippen LogP contribution is -2.27. The summed E-state index contributed by atoms with van der Waals surface area (Å²) in [6.07, 6.45) is 6.69. The van der Waals surface area contributed by atoms with Crippen molar-refractivity contribution in [2.75, 3.05) is 19.8 Å². The van der Waals surface area contributed by atoms with E-state index < -0.39 is 0 Å². The monoisotopic (exact) mass is 169 g/mol. The SMILES string of the molecule is NCC1CCC2(CCOCC2)C1. The molecule has 70 valence electrons. The van der Waals surface area contributed by atoms with E-state index in [1.54, 1.807) is 0 Å². The second kappa shape index (κ2) is 3.35. The van der Waals surface area contributed by atoms with E-state index in [1.165, 1.54) is 32.1 Å². The Labute approximate surface area is 74.5 Å². The quantitative estimate of drug-likeness (QED) is 0.646. The first-order chi connectivity index (χ1) is 5.85. The predicted molar refractivity (Wildman–Crippen MR) is 48.9 cm³/mol. The van der Waals surface area contributed by atoms with Crippen LogP contribution in [0.1, 0.15) is 32.1 Å². The maximum Gasteiger partial charge on any atom is 0.0471 e. The fourth-order valence-electron chi connectivity index (χ4n) is 2.79. The van der Waals surface area contributed by atoms with Gasteiger partial charge in [0.2, 0.25) is 0 Å². The standard InChI is InChI=1S/C10H19NO/c11-8-9-1-2-10(7-9)3-5-12-6-4-10/h9H,1-8,11H2. The summed E-state index contributed by atoms with van der Waals surface area (Å²) >= 11 is 0. The van der Waals surface area contributed by atoms with Crippen molar-refractivity contribution in [1.82, 2.24) is 0 Å². The first-order valence-electron chi connectivity index (χ1n) is 5.12. The minimum atomic E-state index is 0.641. The van der Waals surface area contributed by atoms with Crippen molar-refractivity contribution in [3.63, 3.8) is 0 Å². The highest BCUT2D eigenvalue weighted by molar-refractivity contribution is 4.90. The van der Waals surface area contributed by atoms with Crippen LogP contribution in [0.15, 0.2) is 0 Å². The Morgan fingerprint density at radius 1 is 1.25 bits per heavy atom. The summed E-state index contributed by atoms with van der Waals surface area (Å²) in [6.45, 7) is 2.86. The summed E-state index contributed by atoms with van der Waals surface area (Å²) in [5.41, 5.74) is 6.33. The van der Waals surface area contributed by atoms with Crippen LogP contribution in [-0.2, 0) is 4.74 Å². The van der Waals surface area contributed by atoms with Crippen LogP contribution in [0.3, 0.4) is 0 Å². The van der Waals surface area contributed by atoms with Gasteiger partial charge in [0.05, 0.1) is 0 Å². The van der Waals surface area contributed by atoms with E-state index in [0.29, 0.717) is 5.41 Å². The van der Waals surface area contributed by atoms with Gasteiger partial charge in [0, 0.05) is 13.2 Å². The molecule has 2 aliphatic rings. The van der Waals surface area contributed by atoms with Gasteiger partial charge in [0.15, 0.2) is 0 Å². The van der Waals surface area contributed by atoms with Crippen molar-refractivity contribution in [2.24, 2.45) is 17.1 Å². The molecule has 0 amide bonds. The maximum atomic E-state index is 5.69. The Balaban J connectivity index is 1.94. The van der Waals surface area contributed by atoms with E-state index in [1.807, 2.05) is 0 Å². The van der Waals surface area contributed by atoms with Crippen LogP contribution in [-0.4, -0.2) is 19.8 Å². The maximum absolute atomic E-state index is 5.69. The number of ether oxygens (including phenoxy) is 1. The fraction of sp³-hybridized carbons (Fsp3) is 1.00. The average Bonchev–Trinajstić information content (AvgIpc) is 2.50. The zero-order valence-electron chi connectivity index (χ0n) is 7.72. The van der Waals surface area contributed by atoms with Crippen molar-refractivity contribution >= 4 is 0 Å². The molecule has 0 aromatic carbocycles. The Morgan fingerprint density at radius 2 is 2.00 bits per heavy atom. The van der Waals surface area contributed by atoms with E-state index in [0.717, 1.165) is 25.7 Å². The highest BCUT2D eigenvalue weighted by Crippen LogP contribution is 2.47. The van der Waals surface area contributed by atoms with Gasteiger partial charge in [-0.15, -0.1) is 0 Å². The molecule has 1 aliphatic carbocycles. The van der Waals surface area contributed by atoms with Gasteiger partial charge in [0.25, 0.3) is 0 Å². The Hall–Kier alpha value is -0.0800. The van der Waals surface area contributed by atoms with E-state index in [-0.39, 0.29) is 0 Å². The number of hydrogen-bond acceptors (Lipinski definition) is 2. The van der Waals surface area contributed by atoms with Crippen LogP contribution in [0.4, 0.5) is 0 Å². The van der Waals surface area contributed by atoms with E-state index in [9.17, 15) is 0 Å². The first kappa shape index (κ1) is 8.52. The van der Waals surface area contributed by atoms with Crippen molar-refractivity contribution in [3.8, 4) is 0 Å². The number of nitrogens with two attached hydrogens (primary N) is 1. The third kappa shape index (κ3) is 1.50. The summed E-state index contributed by atoms with van der Waals surface area (Å²) in [7, 11) is 0. The molecule has 0 aromatic rings. The van der Waals surface area contributed by atoms with E-state index >= 15 is 0 Å². The lowest BCUT2D eigenvalue weighted by atomic mass is 9.78. The molecule has 2 N–H and O–H groups in total. The van der Waals surface area contributed by atoms with Crippen LogP contribution in [0.5, 0.6) is 0 Å². The molecular weight excluding hydrogens is 150 g/mol. The Kier molecular flexibility index (Phi) is 2.37. The number of rotatable bonds is 1. The molecular formula is C10H19NO. The molecule has 0 bridgehead atoms. The van der Waals surface area contributed by atoms with Crippen LogP contribution in [0, 0.1) is 11.3 Å². The minimum Gasteiger partial charge on any atom is -0.381 e. The van der Waals surface area contributed by atoms with E-state index in [2.05, 4.69) is 0 Å². The normalized spacial score (nSPS) is 34.2. The summed E-state index contributed by atoms with van der Waals surface area (Å²) < 4.78 is 5.39. The zero-order valence-corrected chi connectivity index (χ0v) is 7.72. The molecule has 12 heavy (non-hydrogen) atoms. The molecule has 1 heterocycles. The van der Waals surface area contributed by atoms with Gasteiger partial charge < -0.3 is 10.5 Å². The van der Waals surface area contributed by atoms with Gasteiger partial charge in [-0.2, -0.15) is 0 Å². The largest absolute Gasteiger partial charge is 0.381 e. The first-order valence-corrected chi connectivity index (χ1v) is 5.12. The highest BCUT2D eigenvalue weighted by Gasteiger charge is 2.39. The van der Waals surface area contributed by atoms with Crippen molar-refractivity contribution in [1.29, 1.82) is 0 Å². The topological polar surface area (TPSA) is 35.2 Å². The van der Waals surface area contributed by atoms with Gasteiger partial charge in [-0.3, -0.25) is 0 Å². The van der Waals surface area contributed by atoms with Crippen LogP contribution in [0.2, 0.25) is 0 Å². The zero-order chi connectivity index (χ0) is 8.44. The molecule has 2 fully saturated rings. The lowest BCUT2D eigenvalue weighted by molar-refractivity contribution is 0.0163. The van der Waals surface area contributed by atoms with Gasteiger partial charge >= 0.3 is 0 Å². The van der Waals surface area contributed by atoms with Crippen molar-refractivity contribution < 1.29 is 4.74 Å². The molecule has 2 rings (SSSR count). The molecule has 1 aliphatic heterocycles. The molecule has 2 heteroatoms. The second-order valence-corrected chi connectivity index (χ2v) is 4.46. The highest BCUT2D eigenvalue weighted by atomic mass is 16.5. The van der Waals surface area contributed by atoms with Gasteiger partial charge in [0.1, 0.15) is 0 Å². The molecule has 0 aromatic heterocycles. The van der Waals surface area contributed by atoms with E-state index in [4.69, 9.17) is 10.5 Å². The van der Waals surface area contributed by atoms with Gasteiger partial charge in [-0.1, -0.05) is 0 Å². The van der Waals surface area contributed by atoms with Crippen LogP contribution >= 0.6 is 0 Å². The van der Waals surface area contributed by atoms with Gasteiger partial charge in [-0.25, -0.2) is 0 Å². The fourth-order valence-corrected chi connectivity index (χ4v) is 2.79. The Bertz CT molecular complexity index is 152. The van der Waals surface area contributed by atoms with Crippen molar-refractivity contribution in [3.05, 3.63) is 0 Å². The predicted octanol–water partition coefficient (Wildman–Crippen LogP) is 1.54. The summed E-state index contributed by atoms with van der Waals surface area (Å²) in [4.78, 5) is 0. The average molecular weight is 169 g/mol. The summed E-state index contributed by atoms with van der Waals surface area (Å²) in [5, 5.41) is 0. The van der Waals surface area contributed by atoms with Crippen LogP contribution < -0.4 is 5.73 Å². The molecule has 1 spiro atoms. The summed E-state index contributed by atoms with van der Waals surface area (Å²) in [6, 6.07) is 0. The van der Waals surface area contributed by atoms with Crippen molar-refractivity contribution in [2.45, 2.75) is 32.1 Å². The second-order valence-electron chi connectivity index (χ2n) is 4.46. The molecule has 1 atom stereocenters. The molecule has 1 unspecified atom stereocenters. The van der Waals surface area contributed by atoms with Gasteiger partial charge in [-0.05, 0) is 50.0 Å².